The molecule has 2 aromatic rings. The van der Waals surface area contributed by atoms with Gasteiger partial charge < -0.3 is 5.32 Å². The lowest BCUT2D eigenvalue weighted by Crippen LogP contribution is -2.13. The Morgan fingerprint density at radius 3 is 2.67 bits per heavy atom. The lowest BCUT2D eigenvalue weighted by molar-refractivity contribution is -0.116. The molecular formula is C19H19ClN2OS. The van der Waals surface area contributed by atoms with Gasteiger partial charge >= 0.3 is 0 Å². The number of para-hydroxylation sites is 1. The summed E-state index contributed by atoms with van der Waals surface area (Å²) in [6, 6.07) is 17.4. The van der Waals surface area contributed by atoms with Crippen molar-refractivity contribution in [2.45, 2.75) is 36.3 Å². The van der Waals surface area contributed by atoms with Crippen LogP contribution in [-0.4, -0.2) is 11.2 Å². The van der Waals surface area contributed by atoms with Crippen LogP contribution in [0.15, 0.2) is 53.4 Å². The maximum Gasteiger partial charge on any atom is 0.224 e. The molecule has 124 valence electrons. The first-order chi connectivity index (χ1) is 11.6. The molecule has 0 saturated carbocycles. The number of benzene rings is 2. The van der Waals surface area contributed by atoms with Gasteiger partial charge in [-0.25, -0.2) is 0 Å². The number of rotatable bonds is 7. The fourth-order valence-corrected chi connectivity index (χ4v) is 3.30. The first kappa shape index (κ1) is 18.4. The van der Waals surface area contributed by atoms with E-state index in [9.17, 15) is 4.79 Å². The molecule has 1 amide bonds. The number of carbonyl (C=O) groups is 1. The van der Waals surface area contributed by atoms with Gasteiger partial charge in [0.25, 0.3) is 0 Å². The Morgan fingerprint density at radius 2 is 1.96 bits per heavy atom. The van der Waals surface area contributed by atoms with Crippen LogP contribution in [0.2, 0.25) is 5.02 Å². The van der Waals surface area contributed by atoms with Gasteiger partial charge in [-0.3, -0.25) is 4.79 Å². The highest BCUT2D eigenvalue weighted by Gasteiger charge is 2.10. The van der Waals surface area contributed by atoms with E-state index in [1.165, 1.54) is 0 Å². The minimum Gasteiger partial charge on any atom is -0.325 e. The molecule has 0 saturated heterocycles. The molecule has 0 bridgehead atoms. The van der Waals surface area contributed by atoms with Crippen LogP contribution >= 0.6 is 23.4 Å². The number of hydrogen-bond donors (Lipinski definition) is 1. The number of nitrogens with one attached hydrogen (secondary N) is 1. The van der Waals surface area contributed by atoms with Crippen molar-refractivity contribution in [3.63, 3.8) is 0 Å². The van der Waals surface area contributed by atoms with Crippen LogP contribution in [-0.2, 0) is 11.2 Å². The van der Waals surface area contributed by atoms with E-state index in [4.69, 9.17) is 16.9 Å². The Kier molecular flexibility index (Phi) is 7.17. The molecule has 0 fully saturated rings. The molecule has 0 radical (unpaired) electrons. The first-order valence-electron chi connectivity index (χ1n) is 7.75. The molecule has 1 N–H and O–H groups in total. The summed E-state index contributed by atoms with van der Waals surface area (Å²) >= 11 is 7.46. The van der Waals surface area contributed by atoms with E-state index < -0.39 is 0 Å². The largest absolute Gasteiger partial charge is 0.325 e. The van der Waals surface area contributed by atoms with Crippen molar-refractivity contribution in [3.05, 3.63) is 59.1 Å². The van der Waals surface area contributed by atoms with Gasteiger partial charge in [-0.05, 0) is 36.2 Å². The number of nitrogens with zero attached hydrogens (tertiary/aromatic N) is 1. The highest BCUT2D eigenvalue weighted by Crippen LogP contribution is 2.31. The zero-order valence-electron chi connectivity index (χ0n) is 13.5. The lowest BCUT2D eigenvalue weighted by Gasteiger charge is -2.13. The lowest BCUT2D eigenvalue weighted by atomic mass is 10.1. The number of aryl methyl sites for hydroxylation is 1. The Morgan fingerprint density at radius 1 is 1.25 bits per heavy atom. The Bertz CT molecular complexity index is 725. The first-order valence-corrected chi connectivity index (χ1v) is 9.01. The average molecular weight is 359 g/mol. The molecule has 0 aromatic heterocycles. The highest BCUT2D eigenvalue weighted by molar-refractivity contribution is 8.00. The number of anilines is 1. The quantitative estimate of drug-likeness (QED) is 0.683. The number of amides is 1. The molecule has 5 heteroatoms. The predicted molar refractivity (Wildman–Crippen MR) is 100 cm³/mol. The van der Waals surface area contributed by atoms with Gasteiger partial charge in [0.15, 0.2) is 0 Å². The molecule has 1 unspecified atom stereocenters. The molecule has 3 nitrogen and oxygen atoms in total. The van der Waals surface area contributed by atoms with Gasteiger partial charge in [0.1, 0.15) is 0 Å². The highest BCUT2D eigenvalue weighted by atomic mass is 35.5. The Labute approximate surface area is 152 Å². The van der Waals surface area contributed by atoms with Crippen LogP contribution in [0.1, 0.15) is 25.3 Å². The Balaban J connectivity index is 1.93. The SMILES string of the molecule is CC(CC#N)Sc1ccccc1NC(=O)CCc1ccc(Cl)cc1. The molecule has 1 atom stereocenters. The molecule has 0 spiro atoms. The van der Waals surface area contributed by atoms with Crippen LogP contribution < -0.4 is 5.32 Å². The second-order valence-electron chi connectivity index (χ2n) is 5.46. The summed E-state index contributed by atoms with van der Waals surface area (Å²) in [6.45, 7) is 2.01. The predicted octanol–water partition coefficient (Wildman–Crippen LogP) is 5.31. The van der Waals surface area contributed by atoms with E-state index in [0.29, 0.717) is 24.3 Å². The molecule has 2 aromatic carbocycles. The third-order valence-corrected chi connectivity index (χ3v) is 4.85. The van der Waals surface area contributed by atoms with Gasteiger partial charge in [-0.1, -0.05) is 42.8 Å². The second-order valence-corrected chi connectivity index (χ2v) is 7.38. The van der Waals surface area contributed by atoms with Crippen molar-refractivity contribution in [2.75, 3.05) is 5.32 Å². The summed E-state index contributed by atoms with van der Waals surface area (Å²) in [7, 11) is 0. The minimum atomic E-state index is -0.0223. The van der Waals surface area contributed by atoms with Gasteiger partial charge in [0, 0.05) is 28.0 Å². The number of thioether (sulfide) groups is 1. The molecule has 0 aliphatic rings. The zero-order valence-corrected chi connectivity index (χ0v) is 15.0. The zero-order chi connectivity index (χ0) is 17.4. The third kappa shape index (κ3) is 5.92. The number of hydrogen-bond acceptors (Lipinski definition) is 3. The van der Waals surface area contributed by atoms with Crippen molar-refractivity contribution < 1.29 is 4.79 Å². The smallest absolute Gasteiger partial charge is 0.224 e. The summed E-state index contributed by atoms with van der Waals surface area (Å²) in [5, 5.41) is 12.6. The summed E-state index contributed by atoms with van der Waals surface area (Å²) in [5.74, 6) is -0.0223. The van der Waals surface area contributed by atoms with Crippen LogP contribution in [0, 0.1) is 11.3 Å². The molecular weight excluding hydrogens is 340 g/mol. The van der Waals surface area contributed by atoms with Crippen LogP contribution in [0.4, 0.5) is 5.69 Å². The maximum atomic E-state index is 12.2. The monoisotopic (exact) mass is 358 g/mol. The van der Waals surface area contributed by atoms with E-state index in [0.717, 1.165) is 16.1 Å². The summed E-state index contributed by atoms with van der Waals surface area (Å²) in [6.07, 6.45) is 1.56. The summed E-state index contributed by atoms with van der Waals surface area (Å²) in [4.78, 5) is 13.2. The van der Waals surface area contributed by atoms with Gasteiger partial charge in [0.05, 0.1) is 11.8 Å². The van der Waals surface area contributed by atoms with Crippen LogP contribution in [0.25, 0.3) is 0 Å². The van der Waals surface area contributed by atoms with E-state index in [1.807, 2.05) is 55.5 Å². The van der Waals surface area contributed by atoms with Crippen molar-refractivity contribution in [1.29, 1.82) is 5.26 Å². The standard InChI is InChI=1S/C19H19ClN2OS/c1-14(12-13-21)24-18-5-3-2-4-17(18)22-19(23)11-8-15-6-9-16(20)10-7-15/h2-7,9-10,14H,8,11-12H2,1H3,(H,22,23). The van der Waals surface area contributed by atoms with Crippen molar-refractivity contribution in [3.8, 4) is 6.07 Å². The number of carbonyl (C=O) groups excluding carboxylic acids is 1. The van der Waals surface area contributed by atoms with Crippen LogP contribution in [0.5, 0.6) is 0 Å². The fraction of sp³-hybridized carbons (Fsp3) is 0.263. The van der Waals surface area contributed by atoms with Crippen molar-refractivity contribution in [2.24, 2.45) is 0 Å². The molecule has 0 aliphatic heterocycles. The summed E-state index contributed by atoms with van der Waals surface area (Å²) < 4.78 is 0. The van der Waals surface area contributed by atoms with Gasteiger partial charge in [-0.15, -0.1) is 11.8 Å². The average Bonchev–Trinajstić information content (AvgIpc) is 2.56. The fourth-order valence-electron chi connectivity index (χ4n) is 2.18. The molecule has 0 heterocycles. The van der Waals surface area contributed by atoms with Gasteiger partial charge in [0.2, 0.25) is 5.91 Å². The van der Waals surface area contributed by atoms with Crippen molar-refractivity contribution >= 4 is 35.0 Å². The molecule has 0 aliphatic carbocycles. The van der Waals surface area contributed by atoms with Gasteiger partial charge in [-0.2, -0.15) is 5.26 Å². The summed E-state index contributed by atoms with van der Waals surface area (Å²) in [5.41, 5.74) is 1.88. The van der Waals surface area contributed by atoms with E-state index in [-0.39, 0.29) is 11.2 Å². The number of halogens is 1. The van der Waals surface area contributed by atoms with E-state index in [2.05, 4.69) is 11.4 Å². The van der Waals surface area contributed by atoms with E-state index >= 15 is 0 Å². The number of nitriles is 1. The normalized spacial score (nSPS) is 11.5. The molecule has 2 rings (SSSR count). The second kappa shape index (κ2) is 9.36. The Hall–Kier alpha value is -1.96. The minimum absolute atomic E-state index is 0.0223. The van der Waals surface area contributed by atoms with E-state index in [1.54, 1.807) is 11.8 Å². The maximum absolute atomic E-state index is 12.2. The topological polar surface area (TPSA) is 52.9 Å². The molecule has 24 heavy (non-hydrogen) atoms. The van der Waals surface area contributed by atoms with Crippen LogP contribution in [0.3, 0.4) is 0 Å². The van der Waals surface area contributed by atoms with Crippen molar-refractivity contribution in [1.82, 2.24) is 0 Å². The third-order valence-electron chi connectivity index (χ3n) is 3.42.